The molecule has 0 saturated carbocycles. The maximum absolute atomic E-state index is 11.0. The largest absolute Gasteiger partial charge is 0.447 e. The molecule has 0 saturated heterocycles. The van der Waals surface area contributed by atoms with E-state index in [9.17, 15) is 4.79 Å². The monoisotopic (exact) mass is 283 g/mol. The molecule has 3 N–H and O–H groups in total. The Morgan fingerprint density at radius 1 is 1.40 bits per heavy atom. The molecule has 0 aromatic rings. The van der Waals surface area contributed by atoms with Gasteiger partial charge in [-0.1, -0.05) is 22.4 Å². The van der Waals surface area contributed by atoms with Crippen molar-refractivity contribution in [3.8, 4) is 0 Å². The molecule has 0 aliphatic heterocycles. The van der Waals surface area contributed by atoms with Crippen LogP contribution in [0.15, 0.2) is 0 Å². The highest BCUT2D eigenvalue weighted by Crippen LogP contribution is 1.97. The summed E-state index contributed by atoms with van der Waals surface area (Å²) in [6, 6.07) is 0. The van der Waals surface area contributed by atoms with E-state index in [0.29, 0.717) is 6.54 Å². The average Bonchev–Trinajstić information content (AvgIpc) is 2.25. The van der Waals surface area contributed by atoms with Crippen LogP contribution in [0.1, 0.15) is 19.3 Å². The van der Waals surface area contributed by atoms with Crippen LogP contribution in [0, 0.1) is 0 Å². The Morgan fingerprint density at radius 3 is 2.73 bits per heavy atom. The first-order valence-electron chi connectivity index (χ1n) is 4.96. The van der Waals surface area contributed by atoms with Gasteiger partial charge in [0, 0.05) is 11.9 Å². The lowest BCUT2D eigenvalue weighted by Crippen LogP contribution is -2.29. The smallest absolute Gasteiger partial charge is 0.407 e. The van der Waals surface area contributed by atoms with Crippen molar-refractivity contribution in [2.75, 3.05) is 25.1 Å². The number of nitrogens with one attached hydrogen (secondary N) is 1. The van der Waals surface area contributed by atoms with E-state index in [1.165, 1.54) is 0 Å². The molecule has 0 spiro atoms. The number of halogens is 1. The molecule has 0 bridgehead atoms. The molecular formula is C9H18BrNO4. The quantitative estimate of drug-likeness (QED) is 0.451. The molecule has 1 amide bonds. The summed E-state index contributed by atoms with van der Waals surface area (Å²) >= 11 is 3.32. The minimum Gasteiger partial charge on any atom is -0.447 e. The Morgan fingerprint density at radius 2 is 2.13 bits per heavy atom. The summed E-state index contributed by atoms with van der Waals surface area (Å²) in [5.41, 5.74) is 0. The third-order valence-corrected chi connectivity index (χ3v) is 2.26. The van der Waals surface area contributed by atoms with Gasteiger partial charge >= 0.3 is 6.09 Å². The molecule has 0 heterocycles. The summed E-state index contributed by atoms with van der Waals surface area (Å²) in [7, 11) is 0. The lowest BCUT2D eigenvalue weighted by Gasteiger charge is -2.09. The predicted molar refractivity (Wildman–Crippen MR) is 60.1 cm³/mol. The molecule has 90 valence electrons. The number of carbonyl (C=O) groups excluding carboxylic acids is 1. The van der Waals surface area contributed by atoms with E-state index in [1.807, 2.05) is 0 Å². The number of aliphatic hydroxyl groups is 2. The summed E-state index contributed by atoms with van der Waals surface area (Å²) in [5.74, 6) is 0. The zero-order chi connectivity index (χ0) is 11.5. The van der Waals surface area contributed by atoms with Gasteiger partial charge in [-0.05, 0) is 12.8 Å². The highest BCUT2D eigenvalue weighted by molar-refractivity contribution is 9.09. The van der Waals surface area contributed by atoms with Crippen LogP contribution in [0.3, 0.4) is 0 Å². The molecule has 0 rings (SSSR count). The number of alkyl halides is 1. The fourth-order valence-electron chi connectivity index (χ4n) is 0.862. The van der Waals surface area contributed by atoms with Crippen LogP contribution in [0.2, 0.25) is 0 Å². The van der Waals surface area contributed by atoms with Crippen molar-refractivity contribution < 1.29 is 19.7 Å². The summed E-state index contributed by atoms with van der Waals surface area (Å²) in [6.07, 6.45) is 1.49. The minimum absolute atomic E-state index is 0.177. The Labute approximate surface area is 97.9 Å². The molecular weight excluding hydrogens is 266 g/mol. The van der Waals surface area contributed by atoms with Crippen molar-refractivity contribution in [3.05, 3.63) is 0 Å². The van der Waals surface area contributed by atoms with Crippen LogP contribution < -0.4 is 5.32 Å². The van der Waals surface area contributed by atoms with Gasteiger partial charge in [-0.15, -0.1) is 0 Å². The number of rotatable bonds is 8. The third kappa shape index (κ3) is 9.96. The number of aliphatic hydroxyl groups excluding tert-OH is 2. The van der Waals surface area contributed by atoms with E-state index < -0.39 is 18.8 Å². The zero-order valence-corrected chi connectivity index (χ0v) is 10.2. The maximum Gasteiger partial charge on any atom is 0.407 e. The van der Waals surface area contributed by atoms with E-state index in [2.05, 4.69) is 26.0 Å². The average molecular weight is 284 g/mol. The second-order valence-corrected chi connectivity index (χ2v) is 3.90. The highest BCUT2D eigenvalue weighted by Gasteiger charge is 2.06. The molecule has 1 atom stereocenters. The van der Waals surface area contributed by atoms with Gasteiger partial charge in [-0.3, -0.25) is 0 Å². The zero-order valence-electron chi connectivity index (χ0n) is 8.62. The molecule has 0 aromatic heterocycles. The Bertz CT molecular complexity index is 168. The SMILES string of the molecule is O=C(NCCCCCBr)OCC(O)CO. The normalized spacial score (nSPS) is 12.2. The number of amides is 1. The molecule has 6 heteroatoms. The molecule has 0 aliphatic rings. The van der Waals surface area contributed by atoms with E-state index in [0.717, 1.165) is 24.6 Å². The third-order valence-electron chi connectivity index (χ3n) is 1.70. The van der Waals surface area contributed by atoms with Crippen molar-refractivity contribution in [2.45, 2.75) is 25.4 Å². The number of unbranched alkanes of at least 4 members (excludes halogenated alkanes) is 2. The molecule has 5 nitrogen and oxygen atoms in total. The first-order chi connectivity index (χ1) is 7.20. The molecule has 15 heavy (non-hydrogen) atoms. The number of ether oxygens (including phenoxy) is 1. The fourth-order valence-corrected chi connectivity index (χ4v) is 1.26. The lowest BCUT2D eigenvalue weighted by atomic mass is 10.2. The van der Waals surface area contributed by atoms with Crippen molar-refractivity contribution in [2.24, 2.45) is 0 Å². The number of alkyl carbamates (subject to hydrolysis) is 1. The molecule has 0 aromatic carbocycles. The standard InChI is InChI=1S/C9H18BrNO4/c10-4-2-1-3-5-11-9(14)15-7-8(13)6-12/h8,12-13H,1-7H2,(H,11,14). The predicted octanol–water partition coefficient (Wildman–Crippen LogP) is 0.631. The molecule has 1 unspecified atom stereocenters. The van der Waals surface area contributed by atoms with Gasteiger partial charge in [0.1, 0.15) is 12.7 Å². The van der Waals surface area contributed by atoms with Crippen LogP contribution in [-0.4, -0.2) is 47.5 Å². The van der Waals surface area contributed by atoms with Gasteiger partial charge in [-0.2, -0.15) is 0 Å². The van der Waals surface area contributed by atoms with Gasteiger partial charge in [0.25, 0.3) is 0 Å². The second-order valence-electron chi connectivity index (χ2n) is 3.11. The summed E-state index contributed by atoms with van der Waals surface area (Å²) in [6.45, 7) is -0.0106. The van der Waals surface area contributed by atoms with E-state index >= 15 is 0 Å². The Hall–Kier alpha value is -0.330. The first kappa shape index (κ1) is 14.7. The van der Waals surface area contributed by atoms with Crippen LogP contribution >= 0.6 is 15.9 Å². The van der Waals surface area contributed by atoms with E-state index in [-0.39, 0.29) is 6.61 Å². The summed E-state index contributed by atoms with van der Waals surface area (Å²) in [5, 5.41) is 20.9. The van der Waals surface area contributed by atoms with E-state index in [4.69, 9.17) is 10.2 Å². The highest BCUT2D eigenvalue weighted by atomic mass is 79.9. The van der Waals surface area contributed by atoms with Gasteiger partial charge in [0.2, 0.25) is 0 Å². The van der Waals surface area contributed by atoms with Crippen LogP contribution in [0.25, 0.3) is 0 Å². The van der Waals surface area contributed by atoms with Crippen molar-refractivity contribution in [1.29, 1.82) is 0 Å². The number of hydrogen-bond acceptors (Lipinski definition) is 4. The van der Waals surface area contributed by atoms with Crippen LogP contribution in [0.4, 0.5) is 4.79 Å². The molecule has 0 radical (unpaired) electrons. The van der Waals surface area contributed by atoms with Gasteiger partial charge in [0.05, 0.1) is 6.61 Å². The number of carbonyl (C=O) groups is 1. The van der Waals surface area contributed by atoms with Crippen LogP contribution in [-0.2, 0) is 4.74 Å². The van der Waals surface area contributed by atoms with Crippen molar-refractivity contribution in [3.63, 3.8) is 0 Å². The molecule has 0 aliphatic carbocycles. The Kier molecular flexibility index (Phi) is 9.97. The van der Waals surface area contributed by atoms with Crippen LogP contribution in [0.5, 0.6) is 0 Å². The maximum atomic E-state index is 11.0. The van der Waals surface area contributed by atoms with E-state index in [1.54, 1.807) is 0 Å². The molecule has 0 fully saturated rings. The summed E-state index contributed by atoms with van der Waals surface area (Å²) < 4.78 is 4.63. The Balaban J connectivity index is 3.26. The fraction of sp³-hybridized carbons (Fsp3) is 0.889. The number of hydrogen-bond donors (Lipinski definition) is 3. The topological polar surface area (TPSA) is 78.8 Å². The lowest BCUT2D eigenvalue weighted by molar-refractivity contribution is 0.0322. The second kappa shape index (κ2) is 10.2. The first-order valence-corrected chi connectivity index (χ1v) is 6.08. The summed E-state index contributed by atoms with van der Waals surface area (Å²) in [4.78, 5) is 11.0. The van der Waals surface area contributed by atoms with Gasteiger partial charge in [0.15, 0.2) is 0 Å². The minimum atomic E-state index is -0.996. The van der Waals surface area contributed by atoms with Gasteiger partial charge in [-0.25, -0.2) is 4.79 Å². The van der Waals surface area contributed by atoms with Crippen molar-refractivity contribution in [1.82, 2.24) is 5.32 Å². The van der Waals surface area contributed by atoms with Gasteiger partial charge < -0.3 is 20.3 Å². The van der Waals surface area contributed by atoms with Crippen molar-refractivity contribution >= 4 is 22.0 Å².